The number of ether oxygens (including phenoxy) is 1. The van der Waals surface area contributed by atoms with Crippen molar-refractivity contribution < 1.29 is 9.53 Å². The molecule has 2 aliphatic carbocycles. The minimum Gasteiger partial charge on any atom is -0.445 e. The van der Waals surface area contributed by atoms with Gasteiger partial charge in [-0.25, -0.2) is 4.79 Å². The fraction of sp³-hybridized carbons (Fsp3) is 0.550. The zero-order chi connectivity index (χ0) is 16.5. The van der Waals surface area contributed by atoms with Gasteiger partial charge in [0.25, 0.3) is 0 Å². The lowest BCUT2D eigenvalue weighted by atomic mass is 9.81. The lowest BCUT2D eigenvalue weighted by Gasteiger charge is -2.33. The Balaban J connectivity index is 1.47. The van der Waals surface area contributed by atoms with Gasteiger partial charge in [-0.05, 0) is 43.6 Å². The summed E-state index contributed by atoms with van der Waals surface area (Å²) in [5.41, 5.74) is 1.30. The second-order valence-corrected chi connectivity index (χ2v) is 8.23. The summed E-state index contributed by atoms with van der Waals surface area (Å²) in [7, 11) is 0. The van der Waals surface area contributed by atoms with Crippen LogP contribution in [0, 0.1) is 5.92 Å². The van der Waals surface area contributed by atoms with Crippen LogP contribution < -0.4 is 0 Å². The number of carbonyl (C=O) groups excluding carboxylic acids is 1. The lowest BCUT2D eigenvalue weighted by molar-refractivity contribution is 0.0346. The molecular formula is C20H24BrNO2. The molecule has 24 heavy (non-hydrogen) atoms. The smallest absolute Gasteiger partial charge is 0.410 e. The number of allylic oxidation sites excluding steroid dienone is 1. The van der Waals surface area contributed by atoms with E-state index in [9.17, 15) is 4.79 Å². The number of rotatable bonds is 2. The summed E-state index contributed by atoms with van der Waals surface area (Å²) in [5, 5.41) is 0. The normalized spacial score (nSPS) is 32.4. The molecule has 1 aliphatic heterocycles. The van der Waals surface area contributed by atoms with Crippen LogP contribution >= 0.6 is 15.9 Å². The molecule has 0 N–H and O–H groups in total. The highest BCUT2D eigenvalue weighted by molar-refractivity contribution is 9.11. The molecule has 4 rings (SSSR count). The molecule has 1 aromatic rings. The third-order valence-electron chi connectivity index (χ3n) is 5.77. The Morgan fingerprint density at radius 1 is 1.17 bits per heavy atom. The first-order chi connectivity index (χ1) is 11.7. The van der Waals surface area contributed by atoms with Crippen LogP contribution in [0.1, 0.15) is 50.0 Å². The largest absolute Gasteiger partial charge is 0.445 e. The predicted molar refractivity (Wildman–Crippen MR) is 98.1 cm³/mol. The van der Waals surface area contributed by atoms with Crippen molar-refractivity contribution in [3.63, 3.8) is 0 Å². The Morgan fingerprint density at radius 2 is 1.96 bits per heavy atom. The van der Waals surface area contributed by atoms with Crippen molar-refractivity contribution in [1.29, 1.82) is 0 Å². The van der Waals surface area contributed by atoms with E-state index in [4.69, 9.17) is 4.74 Å². The standard InChI is InChI=1S/C20H24BrNO2/c21-17-11-10-14-12-18(17)22(13-14)20(23)24-19-9-5-4-8-16(19)15-6-2-1-3-7-15/h1-3,6-7,11,14,16,18-19H,4-5,8-10,12-13H2/t14-,16-,18-,19+/m0/s1. The molecule has 1 saturated heterocycles. The Kier molecular flexibility index (Phi) is 4.66. The molecule has 4 heteroatoms. The average Bonchev–Trinajstić information content (AvgIpc) is 2.99. The highest BCUT2D eigenvalue weighted by atomic mass is 79.9. The third-order valence-corrected chi connectivity index (χ3v) is 6.62. The quantitative estimate of drug-likeness (QED) is 0.693. The molecule has 1 amide bonds. The van der Waals surface area contributed by atoms with Crippen molar-refractivity contribution in [3.05, 3.63) is 46.5 Å². The van der Waals surface area contributed by atoms with Gasteiger partial charge in [0, 0.05) is 16.9 Å². The fourth-order valence-electron chi connectivity index (χ4n) is 4.49. The van der Waals surface area contributed by atoms with Gasteiger partial charge >= 0.3 is 6.09 Å². The van der Waals surface area contributed by atoms with Gasteiger partial charge in [0.15, 0.2) is 0 Å². The van der Waals surface area contributed by atoms with E-state index in [1.165, 1.54) is 12.0 Å². The van der Waals surface area contributed by atoms with E-state index in [1.54, 1.807) is 0 Å². The van der Waals surface area contributed by atoms with E-state index < -0.39 is 0 Å². The van der Waals surface area contributed by atoms with Crippen molar-refractivity contribution in [2.75, 3.05) is 6.54 Å². The van der Waals surface area contributed by atoms with Crippen molar-refractivity contribution in [1.82, 2.24) is 4.90 Å². The topological polar surface area (TPSA) is 29.5 Å². The van der Waals surface area contributed by atoms with Crippen LogP contribution in [0.3, 0.4) is 0 Å². The van der Waals surface area contributed by atoms with Crippen molar-refractivity contribution in [3.8, 4) is 0 Å². The van der Waals surface area contributed by atoms with Crippen LogP contribution in [-0.2, 0) is 4.74 Å². The molecule has 4 atom stereocenters. The van der Waals surface area contributed by atoms with Crippen LogP contribution in [0.15, 0.2) is 40.9 Å². The molecule has 0 unspecified atom stereocenters. The van der Waals surface area contributed by atoms with Gasteiger partial charge in [0.2, 0.25) is 0 Å². The summed E-state index contributed by atoms with van der Waals surface area (Å²) in [4.78, 5) is 14.8. The van der Waals surface area contributed by atoms with Crippen molar-refractivity contribution in [2.24, 2.45) is 5.92 Å². The SMILES string of the molecule is O=C(O[C@@H]1CCCC[C@H]1c1ccccc1)N1C[C@H]2CC=C(Br)[C@@H]1C2. The van der Waals surface area contributed by atoms with Gasteiger partial charge in [-0.1, -0.05) is 58.8 Å². The van der Waals surface area contributed by atoms with E-state index in [0.717, 1.165) is 43.1 Å². The fourth-order valence-corrected chi connectivity index (χ4v) is 5.11. The minimum absolute atomic E-state index is 0.0110. The summed E-state index contributed by atoms with van der Waals surface area (Å²) < 4.78 is 7.19. The molecule has 1 aromatic carbocycles. The summed E-state index contributed by atoms with van der Waals surface area (Å²) in [6, 6.07) is 10.7. The number of halogens is 1. The maximum atomic E-state index is 12.8. The van der Waals surface area contributed by atoms with Crippen LogP contribution in [0.25, 0.3) is 0 Å². The van der Waals surface area contributed by atoms with E-state index >= 15 is 0 Å². The molecule has 3 nitrogen and oxygen atoms in total. The monoisotopic (exact) mass is 389 g/mol. The first kappa shape index (κ1) is 16.2. The number of benzene rings is 1. The molecule has 2 bridgehead atoms. The molecule has 2 fully saturated rings. The maximum Gasteiger partial charge on any atom is 0.410 e. The number of carbonyl (C=O) groups is 1. The van der Waals surface area contributed by atoms with E-state index in [-0.39, 0.29) is 18.2 Å². The van der Waals surface area contributed by atoms with E-state index in [2.05, 4.69) is 46.3 Å². The third kappa shape index (κ3) is 3.13. The van der Waals surface area contributed by atoms with Gasteiger partial charge in [0.05, 0.1) is 6.04 Å². The summed E-state index contributed by atoms with van der Waals surface area (Å²) in [6.45, 7) is 0.831. The van der Waals surface area contributed by atoms with Crippen LogP contribution in [-0.4, -0.2) is 29.7 Å². The minimum atomic E-state index is -0.123. The Bertz CT molecular complexity index is 630. The molecule has 0 spiro atoms. The number of hydrogen-bond donors (Lipinski definition) is 0. The van der Waals surface area contributed by atoms with Crippen molar-refractivity contribution in [2.45, 2.75) is 56.6 Å². The first-order valence-electron chi connectivity index (χ1n) is 9.10. The highest BCUT2D eigenvalue weighted by Crippen LogP contribution is 2.40. The average molecular weight is 390 g/mol. The number of amides is 1. The zero-order valence-electron chi connectivity index (χ0n) is 13.9. The molecule has 1 saturated carbocycles. The Hall–Kier alpha value is -1.29. The molecule has 128 valence electrons. The highest BCUT2D eigenvalue weighted by Gasteiger charge is 2.41. The Labute approximate surface area is 152 Å². The van der Waals surface area contributed by atoms with Gasteiger partial charge in [-0.15, -0.1) is 0 Å². The van der Waals surface area contributed by atoms with E-state index in [0.29, 0.717) is 11.8 Å². The van der Waals surface area contributed by atoms with Crippen LogP contribution in [0.4, 0.5) is 4.79 Å². The Morgan fingerprint density at radius 3 is 2.79 bits per heavy atom. The predicted octanol–water partition coefficient (Wildman–Crippen LogP) is 5.22. The van der Waals surface area contributed by atoms with Gasteiger partial charge in [-0.2, -0.15) is 0 Å². The van der Waals surface area contributed by atoms with Crippen LogP contribution in [0.2, 0.25) is 0 Å². The first-order valence-corrected chi connectivity index (χ1v) is 9.89. The molecule has 0 radical (unpaired) electrons. The summed E-state index contributed by atoms with van der Waals surface area (Å²) in [5.74, 6) is 0.935. The maximum absolute atomic E-state index is 12.8. The number of likely N-dealkylation sites (tertiary alicyclic amines) is 1. The number of hydrogen-bond acceptors (Lipinski definition) is 2. The van der Waals surface area contributed by atoms with Crippen molar-refractivity contribution >= 4 is 22.0 Å². The molecule has 0 aromatic heterocycles. The number of fused-ring (bicyclic) bond motifs is 2. The van der Waals surface area contributed by atoms with Gasteiger partial charge in [0.1, 0.15) is 6.10 Å². The number of nitrogens with zero attached hydrogens (tertiary/aromatic N) is 1. The van der Waals surface area contributed by atoms with E-state index in [1.807, 2.05) is 11.0 Å². The second kappa shape index (κ2) is 6.91. The van der Waals surface area contributed by atoms with Gasteiger partial charge in [-0.3, -0.25) is 0 Å². The molecule has 1 heterocycles. The second-order valence-electron chi connectivity index (χ2n) is 7.32. The molecule has 3 aliphatic rings. The zero-order valence-corrected chi connectivity index (χ0v) is 15.5. The summed E-state index contributed by atoms with van der Waals surface area (Å²) in [6.07, 6.45) is 8.70. The van der Waals surface area contributed by atoms with Crippen LogP contribution in [0.5, 0.6) is 0 Å². The van der Waals surface area contributed by atoms with Gasteiger partial charge < -0.3 is 9.64 Å². The summed E-state index contributed by atoms with van der Waals surface area (Å²) >= 11 is 3.64. The molecular weight excluding hydrogens is 366 g/mol. The lowest BCUT2D eigenvalue weighted by Crippen LogP contribution is -2.40.